The van der Waals surface area contributed by atoms with Crippen LogP contribution in [0.4, 0.5) is 0 Å². The number of pyridine rings is 1. The third-order valence-corrected chi connectivity index (χ3v) is 10.3. The maximum Gasteiger partial charge on any atom is 0.295 e. The zero-order valence-electron chi connectivity index (χ0n) is 33.4. The number of carbonyl (C=O) groups is 3. The fourth-order valence-corrected chi connectivity index (χ4v) is 7.31. The van der Waals surface area contributed by atoms with E-state index in [9.17, 15) is 24.8 Å². The monoisotopic (exact) mass is 813 g/mol. The van der Waals surface area contributed by atoms with Crippen LogP contribution in [0.2, 0.25) is 0 Å². The van der Waals surface area contributed by atoms with E-state index in [1.807, 2.05) is 37.3 Å². The number of likely N-dealkylation sites (tertiary alicyclic amines) is 2. The number of aliphatic hydroxyl groups excluding tert-OH is 1. The summed E-state index contributed by atoms with van der Waals surface area (Å²) >= 11 is 0. The van der Waals surface area contributed by atoms with Gasteiger partial charge in [0.25, 0.3) is 17.6 Å². The first kappa shape index (κ1) is 43.0. The van der Waals surface area contributed by atoms with Crippen molar-refractivity contribution in [3.63, 3.8) is 0 Å². The van der Waals surface area contributed by atoms with Crippen LogP contribution in [0.25, 0.3) is 22.3 Å². The number of ketones is 1. The number of hydrogen-bond donors (Lipinski definition) is 3. The number of nitriles is 1. The van der Waals surface area contributed by atoms with Gasteiger partial charge in [0.05, 0.1) is 94.3 Å². The number of rotatable bonds is 21. The van der Waals surface area contributed by atoms with E-state index in [1.165, 1.54) is 35.4 Å². The summed E-state index contributed by atoms with van der Waals surface area (Å²) in [5.74, 6) is -1.48. The quantitative estimate of drug-likeness (QED) is 0.0476. The van der Waals surface area contributed by atoms with Crippen molar-refractivity contribution in [2.75, 3.05) is 92.8 Å². The average Bonchev–Trinajstić information content (AvgIpc) is 4.04. The first-order valence-corrected chi connectivity index (χ1v) is 19.8. The Morgan fingerprint density at radius 1 is 0.983 bits per heavy atom. The number of aromatic nitrogens is 5. The summed E-state index contributed by atoms with van der Waals surface area (Å²) in [5, 5.41) is 27.6. The number of H-pyrrole nitrogens is 1. The van der Waals surface area contributed by atoms with Gasteiger partial charge in [-0.15, -0.1) is 5.10 Å². The van der Waals surface area contributed by atoms with Crippen LogP contribution in [-0.2, 0) is 23.7 Å². The van der Waals surface area contributed by atoms with Gasteiger partial charge in [0.2, 0.25) is 5.82 Å². The van der Waals surface area contributed by atoms with Crippen molar-refractivity contribution in [3.05, 3.63) is 71.6 Å². The van der Waals surface area contributed by atoms with E-state index >= 15 is 0 Å². The molecule has 0 radical (unpaired) electrons. The SMILES string of the molecule is CCOCCOCCOCCOCCN1C[C@@H](NC(=O)c2ncn(-c3ncc(OC)c4c(C(=O)C(=O)N5CCC(=C(C#N)c6ccccc6)CC5)c[nH]c34)n2)C[C@H]1CO. The predicted molar refractivity (Wildman–Crippen MR) is 214 cm³/mol. The van der Waals surface area contributed by atoms with Gasteiger partial charge in [-0.05, 0) is 37.3 Å². The molecule has 6 rings (SSSR count). The highest BCUT2D eigenvalue weighted by molar-refractivity contribution is 6.45. The second kappa shape index (κ2) is 21.5. The molecule has 2 atom stereocenters. The Labute approximate surface area is 342 Å². The molecule has 2 saturated heterocycles. The van der Waals surface area contributed by atoms with Crippen molar-refractivity contribution in [1.29, 1.82) is 5.26 Å². The molecule has 0 spiro atoms. The number of aliphatic hydroxyl groups is 1. The number of Topliss-reactive ketones (excluding diaryl/α,β-unsaturated/α-hetero) is 1. The molecule has 0 saturated carbocycles. The minimum atomic E-state index is -0.723. The predicted octanol–water partition coefficient (Wildman–Crippen LogP) is 2.19. The minimum absolute atomic E-state index is 0.0642. The third-order valence-electron chi connectivity index (χ3n) is 10.3. The average molecular weight is 814 g/mol. The van der Waals surface area contributed by atoms with Gasteiger partial charge in [-0.3, -0.25) is 19.3 Å². The van der Waals surface area contributed by atoms with Crippen molar-refractivity contribution >= 4 is 34.1 Å². The maximum absolute atomic E-state index is 13.7. The first-order valence-electron chi connectivity index (χ1n) is 19.8. The maximum atomic E-state index is 13.7. The lowest BCUT2D eigenvalue weighted by Gasteiger charge is -2.28. The number of carbonyl (C=O) groups excluding carboxylic acids is 3. The van der Waals surface area contributed by atoms with Crippen LogP contribution in [-0.4, -0.2) is 162 Å². The van der Waals surface area contributed by atoms with Gasteiger partial charge in [0, 0.05) is 51.1 Å². The standard InChI is InChI=1S/C41H51N9O9/c1-3-56-15-16-58-19-20-59-18-17-57-14-13-49-25-30(21-31(49)26-51)46-40(53)38-45-27-50(47-38)39-36-35(34(55-2)24-44-39)33(23-43-36)37(52)41(54)48-11-9-29(10-12-48)32(22-42)28-7-5-4-6-8-28/h4-8,23-24,27,30-31,43,51H,3,9-21,25-26H2,1-2H3,(H,46,53)/t30-,31-/m0/s1. The molecule has 2 aliphatic rings. The molecule has 3 N–H and O–H groups in total. The molecule has 18 heteroatoms. The molecule has 59 heavy (non-hydrogen) atoms. The zero-order chi connectivity index (χ0) is 41.6. The number of hydrogen-bond acceptors (Lipinski definition) is 14. The second-order valence-electron chi connectivity index (χ2n) is 14.0. The number of aromatic amines is 1. The highest BCUT2D eigenvalue weighted by Crippen LogP contribution is 2.33. The Balaban J connectivity index is 1.02. The number of benzene rings is 1. The van der Waals surface area contributed by atoms with Crippen molar-refractivity contribution in [1.82, 2.24) is 39.8 Å². The van der Waals surface area contributed by atoms with Gasteiger partial charge in [-0.1, -0.05) is 30.3 Å². The normalized spacial score (nSPS) is 17.0. The Bertz CT molecular complexity index is 2100. The zero-order valence-corrected chi connectivity index (χ0v) is 33.4. The van der Waals surface area contributed by atoms with Crippen LogP contribution >= 0.6 is 0 Å². The summed E-state index contributed by atoms with van der Waals surface area (Å²) in [6.45, 7) is 7.60. The number of nitrogens with one attached hydrogen (secondary N) is 2. The van der Waals surface area contributed by atoms with Crippen molar-refractivity contribution in [3.8, 4) is 17.6 Å². The molecule has 0 aliphatic carbocycles. The Morgan fingerprint density at radius 3 is 2.34 bits per heavy atom. The molecule has 2 fully saturated rings. The number of ether oxygens (including phenoxy) is 5. The van der Waals surface area contributed by atoms with E-state index in [0.717, 1.165) is 11.1 Å². The molecule has 5 heterocycles. The molecular weight excluding hydrogens is 763 g/mol. The number of fused-ring (bicyclic) bond motifs is 1. The summed E-state index contributed by atoms with van der Waals surface area (Å²) in [4.78, 5) is 55.9. The molecule has 3 aromatic heterocycles. The topological polar surface area (TPSA) is 219 Å². The molecule has 0 unspecified atom stereocenters. The second-order valence-corrected chi connectivity index (χ2v) is 14.0. The lowest BCUT2D eigenvalue weighted by Crippen LogP contribution is -2.40. The molecule has 1 aromatic carbocycles. The third kappa shape index (κ3) is 10.7. The van der Waals surface area contributed by atoms with Gasteiger partial charge in [-0.25, -0.2) is 9.97 Å². The fraction of sp³-hybridized carbons (Fsp3) is 0.488. The van der Waals surface area contributed by atoms with Gasteiger partial charge < -0.3 is 44.0 Å². The van der Waals surface area contributed by atoms with E-state index in [2.05, 4.69) is 36.3 Å². The highest BCUT2D eigenvalue weighted by atomic mass is 16.6. The van der Waals surface area contributed by atoms with E-state index in [0.29, 0.717) is 115 Å². The Hall–Kier alpha value is -5.55. The van der Waals surface area contributed by atoms with Crippen LogP contribution < -0.4 is 10.1 Å². The van der Waals surface area contributed by atoms with Crippen LogP contribution in [0.3, 0.4) is 0 Å². The van der Waals surface area contributed by atoms with Gasteiger partial charge in [-0.2, -0.15) is 9.94 Å². The largest absolute Gasteiger partial charge is 0.494 e. The smallest absolute Gasteiger partial charge is 0.295 e. The van der Waals surface area contributed by atoms with E-state index in [1.54, 1.807) is 0 Å². The van der Waals surface area contributed by atoms with E-state index in [-0.39, 0.29) is 41.6 Å². The van der Waals surface area contributed by atoms with Crippen molar-refractivity contribution in [2.45, 2.75) is 38.3 Å². The fourth-order valence-electron chi connectivity index (χ4n) is 7.31. The molecule has 0 bridgehead atoms. The van der Waals surface area contributed by atoms with Crippen LogP contribution in [0, 0.1) is 11.3 Å². The van der Waals surface area contributed by atoms with Crippen molar-refractivity contribution in [2.24, 2.45) is 0 Å². The number of piperidine rings is 1. The van der Waals surface area contributed by atoms with E-state index < -0.39 is 17.6 Å². The molecule has 314 valence electrons. The summed E-state index contributed by atoms with van der Waals surface area (Å²) in [5.41, 5.74) is 2.84. The molecule has 18 nitrogen and oxygen atoms in total. The number of allylic oxidation sites excluding steroid dienone is 1. The molecule has 2 aliphatic heterocycles. The Morgan fingerprint density at radius 2 is 1.68 bits per heavy atom. The number of nitrogens with zero attached hydrogens (tertiary/aromatic N) is 7. The van der Waals surface area contributed by atoms with Gasteiger partial charge >= 0.3 is 0 Å². The van der Waals surface area contributed by atoms with Crippen LogP contribution in [0.15, 0.2) is 54.6 Å². The Kier molecular flexibility index (Phi) is 15.6. The highest BCUT2D eigenvalue weighted by Gasteiger charge is 2.34. The van der Waals surface area contributed by atoms with E-state index in [4.69, 9.17) is 23.7 Å². The lowest BCUT2D eigenvalue weighted by molar-refractivity contribution is -0.126. The molecule has 2 amide bonds. The van der Waals surface area contributed by atoms with Crippen molar-refractivity contribution < 1.29 is 43.2 Å². The first-order chi connectivity index (χ1) is 28.9. The van der Waals surface area contributed by atoms with Gasteiger partial charge in [0.15, 0.2) is 5.82 Å². The molecular formula is C41H51N9O9. The summed E-state index contributed by atoms with van der Waals surface area (Å²) < 4.78 is 28.8. The number of amides is 2. The van der Waals surface area contributed by atoms with Crippen LogP contribution in [0.1, 0.15) is 52.7 Å². The molecule has 4 aromatic rings. The minimum Gasteiger partial charge on any atom is -0.494 e. The van der Waals surface area contributed by atoms with Crippen LogP contribution in [0.5, 0.6) is 5.75 Å². The summed E-state index contributed by atoms with van der Waals surface area (Å²) in [6.07, 6.45) is 5.69. The van der Waals surface area contributed by atoms with Gasteiger partial charge in [0.1, 0.15) is 12.1 Å². The summed E-state index contributed by atoms with van der Waals surface area (Å²) in [7, 11) is 1.44. The number of methoxy groups -OCH3 is 1. The lowest BCUT2D eigenvalue weighted by atomic mass is 9.93. The summed E-state index contributed by atoms with van der Waals surface area (Å²) in [6, 6.07) is 11.3.